The van der Waals surface area contributed by atoms with Crippen LogP contribution < -0.4 is 0 Å². The molecule has 0 bridgehead atoms. The van der Waals surface area contributed by atoms with E-state index in [2.05, 4.69) is 6.07 Å². The van der Waals surface area contributed by atoms with Gasteiger partial charge >= 0.3 is 0 Å². The quantitative estimate of drug-likeness (QED) is 0.850. The van der Waals surface area contributed by atoms with E-state index < -0.39 is 10.0 Å². The summed E-state index contributed by atoms with van der Waals surface area (Å²) in [6.07, 6.45) is 2.76. The number of hydrogen-bond donors (Lipinski definition) is 0. The second-order valence-electron chi connectivity index (χ2n) is 4.92. The summed E-state index contributed by atoms with van der Waals surface area (Å²) in [6, 6.07) is 9.01. The van der Waals surface area contributed by atoms with Gasteiger partial charge in [0.25, 0.3) is 0 Å². The predicted molar refractivity (Wildman–Crippen MR) is 72.9 cm³/mol. The van der Waals surface area contributed by atoms with E-state index in [0.29, 0.717) is 24.3 Å². The zero-order chi connectivity index (χ0) is 13.9. The molecule has 1 aliphatic rings. The van der Waals surface area contributed by atoms with Gasteiger partial charge in [0.15, 0.2) is 0 Å². The zero-order valence-electron chi connectivity index (χ0n) is 11.0. The van der Waals surface area contributed by atoms with Crippen LogP contribution in [0.25, 0.3) is 0 Å². The maximum atomic E-state index is 12.6. The molecule has 1 aromatic rings. The maximum absolute atomic E-state index is 12.6. The van der Waals surface area contributed by atoms with Gasteiger partial charge in [0.1, 0.15) is 0 Å². The molecule has 4 nitrogen and oxygen atoms in total. The van der Waals surface area contributed by atoms with E-state index in [1.165, 1.54) is 0 Å². The Hall–Kier alpha value is -1.38. The molecule has 102 valence electrons. The van der Waals surface area contributed by atoms with Crippen molar-refractivity contribution < 1.29 is 8.42 Å². The van der Waals surface area contributed by atoms with Crippen molar-refractivity contribution >= 4 is 10.0 Å². The SMILES string of the molecule is Cc1ccc(S(=O)(=O)N2CCC[C@@H]2CCC#N)cc1. The first kappa shape index (κ1) is 14.0. The van der Waals surface area contributed by atoms with E-state index in [0.717, 1.165) is 18.4 Å². The van der Waals surface area contributed by atoms with Crippen molar-refractivity contribution in [2.24, 2.45) is 0 Å². The van der Waals surface area contributed by atoms with Crippen LogP contribution in [0.2, 0.25) is 0 Å². The molecule has 0 aliphatic carbocycles. The fourth-order valence-electron chi connectivity index (χ4n) is 2.49. The molecule has 0 aromatic heterocycles. The van der Waals surface area contributed by atoms with E-state index in [9.17, 15) is 8.42 Å². The Kier molecular flexibility index (Phi) is 4.23. The van der Waals surface area contributed by atoms with Crippen molar-refractivity contribution in [1.82, 2.24) is 4.31 Å². The van der Waals surface area contributed by atoms with Crippen LogP contribution in [0.5, 0.6) is 0 Å². The molecule has 1 saturated heterocycles. The second-order valence-corrected chi connectivity index (χ2v) is 6.81. The van der Waals surface area contributed by atoms with Crippen LogP contribution in [0.3, 0.4) is 0 Å². The van der Waals surface area contributed by atoms with Gasteiger partial charge in [-0.05, 0) is 38.3 Å². The minimum atomic E-state index is -3.41. The Labute approximate surface area is 114 Å². The monoisotopic (exact) mass is 278 g/mol. The number of hydrogen-bond acceptors (Lipinski definition) is 3. The van der Waals surface area contributed by atoms with Crippen LogP contribution in [-0.2, 0) is 10.0 Å². The highest BCUT2D eigenvalue weighted by Crippen LogP contribution is 2.28. The van der Waals surface area contributed by atoms with Crippen LogP contribution in [0.15, 0.2) is 29.2 Å². The summed E-state index contributed by atoms with van der Waals surface area (Å²) >= 11 is 0. The van der Waals surface area contributed by atoms with Crippen LogP contribution in [0, 0.1) is 18.3 Å². The molecule has 1 fully saturated rings. The average Bonchev–Trinajstić information content (AvgIpc) is 2.86. The molecule has 1 atom stereocenters. The Morgan fingerprint density at radius 1 is 1.37 bits per heavy atom. The largest absolute Gasteiger partial charge is 0.243 e. The number of aryl methyl sites for hydroxylation is 1. The lowest BCUT2D eigenvalue weighted by molar-refractivity contribution is 0.373. The first-order chi connectivity index (χ1) is 9.05. The highest BCUT2D eigenvalue weighted by Gasteiger charge is 2.34. The van der Waals surface area contributed by atoms with E-state index in [4.69, 9.17) is 5.26 Å². The van der Waals surface area contributed by atoms with E-state index in [-0.39, 0.29) is 6.04 Å². The lowest BCUT2D eigenvalue weighted by Crippen LogP contribution is -2.35. The average molecular weight is 278 g/mol. The Morgan fingerprint density at radius 3 is 2.68 bits per heavy atom. The zero-order valence-corrected chi connectivity index (χ0v) is 11.9. The highest BCUT2D eigenvalue weighted by atomic mass is 32.2. The summed E-state index contributed by atoms with van der Waals surface area (Å²) in [5.41, 5.74) is 1.04. The smallest absolute Gasteiger partial charge is 0.207 e. The molecule has 5 heteroatoms. The topological polar surface area (TPSA) is 61.2 Å². The molecule has 0 saturated carbocycles. The molecule has 19 heavy (non-hydrogen) atoms. The lowest BCUT2D eigenvalue weighted by atomic mass is 10.1. The summed E-state index contributed by atoms with van der Waals surface area (Å²) < 4.78 is 26.7. The van der Waals surface area contributed by atoms with Crippen molar-refractivity contribution in [3.8, 4) is 6.07 Å². The first-order valence-electron chi connectivity index (χ1n) is 6.51. The predicted octanol–water partition coefficient (Wildman–Crippen LogP) is 2.45. The molecule has 0 spiro atoms. The fourth-order valence-corrected chi connectivity index (χ4v) is 4.21. The van der Waals surface area contributed by atoms with E-state index in [1.54, 1.807) is 16.4 Å². The standard InChI is InChI=1S/C14H18N2O2S/c1-12-6-8-14(9-7-12)19(17,18)16-11-3-5-13(16)4-2-10-15/h6-9,13H,2-5,11H2,1H3/t13-/m0/s1. The molecule has 2 rings (SSSR count). The Bertz CT molecular complexity index is 572. The molecule has 0 amide bonds. The highest BCUT2D eigenvalue weighted by molar-refractivity contribution is 7.89. The molecule has 1 heterocycles. The van der Waals surface area contributed by atoms with Gasteiger partial charge in [0.2, 0.25) is 10.0 Å². The minimum Gasteiger partial charge on any atom is -0.207 e. The van der Waals surface area contributed by atoms with Crippen molar-refractivity contribution in [2.75, 3.05) is 6.54 Å². The lowest BCUT2D eigenvalue weighted by Gasteiger charge is -2.23. The van der Waals surface area contributed by atoms with Crippen LogP contribution in [0.1, 0.15) is 31.2 Å². The minimum absolute atomic E-state index is 0.0223. The summed E-state index contributed by atoms with van der Waals surface area (Å²) in [7, 11) is -3.41. The third kappa shape index (κ3) is 2.96. The summed E-state index contributed by atoms with van der Waals surface area (Å²) in [6.45, 7) is 2.49. The first-order valence-corrected chi connectivity index (χ1v) is 7.95. The second kappa shape index (κ2) is 5.72. The van der Waals surface area contributed by atoms with E-state index in [1.807, 2.05) is 19.1 Å². The van der Waals surface area contributed by atoms with Crippen LogP contribution in [-0.4, -0.2) is 25.3 Å². The van der Waals surface area contributed by atoms with Crippen molar-refractivity contribution in [1.29, 1.82) is 5.26 Å². The summed E-state index contributed by atoms with van der Waals surface area (Å²) in [5, 5.41) is 8.65. The van der Waals surface area contributed by atoms with Crippen LogP contribution in [0.4, 0.5) is 0 Å². The molecule has 1 aromatic carbocycles. The van der Waals surface area contributed by atoms with Crippen molar-refractivity contribution in [2.45, 2.75) is 43.5 Å². The molecule has 0 radical (unpaired) electrons. The fraction of sp³-hybridized carbons (Fsp3) is 0.500. The third-order valence-electron chi connectivity index (χ3n) is 3.54. The third-order valence-corrected chi connectivity index (χ3v) is 5.51. The van der Waals surface area contributed by atoms with Gasteiger partial charge in [0, 0.05) is 19.0 Å². The van der Waals surface area contributed by atoms with Crippen molar-refractivity contribution in [3.05, 3.63) is 29.8 Å². The number of benzene rings is 1. The number of sulfonamides is 1. The van der Waals surface area contributed by atoms with Gasteiger partial charge in [0.05, 0.1) is 11.0 Å². The Balaban J connectivity index is 2.23. The van der Waals surface area contributed by atoms with Gasteiger partial charge < -0.3 is 0 Å². The summed E-state index contributed by atoms with van der Waals surface area (Å²) in [4.78, 5) is 0.349. The number of nitriles is 1. The summed E-state index contributed by atoms with van der Waals surface area (Å²) in [5.74, 6) is 0. The van der Waals surface area contributed by atoms with Gasteiger partial charge in [-0.15, -0.1) is 0 Å². The van der Waals surface area contributed by atoms with Gasteiger partial charge in [-0.3, -0.25) is 0 Å². The van der Waals surface area contributed by atoms with Gasteiger partial charge in [-0.1, -0.05) is 17.7 Å². The van der Waals surface area contributed by atoms with Crippen molar-refractivity contribution in [3.63, 3.8) is 0 Å². The number of rotatable bonds is 4. The molecule has 0 N–H and O–H groups in total. The molecular weight excluding hydrogens is 260 g/mol. The van der Waals surface area contributed by atoms with Gasteiger partial charge in [-0.2, -0.15) is 9.57 Å². The molecule has 0 unspecified atom stereocenters. The Morgan fingerprint density at radius 2 is 2.05 bits per heavy atom. The van der Waals surface area contributed by atoms with Gasteiger partial charge in [-0.25, -0.2) is 8.42 Å². The number of nitrogens with zero attached hydrogens (tertiary/aromatic N) is 2. The van der Waals surface area contributed by atoms with Crippen LogP contribution >= 0.6 is 0 Å². The maximum Gasteiger partial charge on any atom is 0.243 e. The molecular formula is C14H18N2O2S. The molecule has 1 aliphatic heterocycles. The normalized spacial score (nSPS) is 20.3. The van der Waals surface area contributed by atoms with E-state index >= 15 is 0 Å².